The molecule has 1 atom stereocenters. The van der Waals surface area contributed by atoms with E-state index >= 15 is 0 Å². The number of nitrogens with one attached hydrogen (secondary N) is 1. The fourth-order valence-corrected chi connectivity index (χ4v) is 3.34. The molecule has 0 spiro atoms. The summed E-state index contributed by atoms with van der Waals surface area (Å²) < 4.78 is 1.33. The molecule has 0 fully saturated rings. The molecule has 1 nitrogen and oxygen atoms in total. The van der Waals surface area contributed by atoms with Crippen LogP contribution in [0.5, 0.6) is 0 Å². The smallest absolute Gasteiger partial charge is 0.0656 e. The van der Waals surface area contributed by atoms with Crippen LogP contribution in [0.4, 0.5) is 0 Å². The summed E-state index contributed by atoms with van der Waals surface area (Å²) in [6, 6.07) is 9.25. The first-order chi connectivity index (χ1) is 8.11. The van der Waals surface area contributed by atoms with E-state index in [1.165, 1.54) is 25.1 Å². The zero-order valence-corrected chi connectivity index (χ0v) is 13.2. The third-order valence-corrected chi connectivity index (χ3v) is 4.88. The minimum Gasteiger partial charge on any atom is -0.309 e. The standard InChI is InChI=1S/C14H16INS/c1-9-4-5-11(6-10(9)2)14(16-3)12-7-13(15)17-8-12/h4-8,14,16H,1-3H3. The Morgan fingerprint density at radius 1 is 1.12 bits per heavy atom. The van der Waals surface area contributed by atoms with Crippen LogP contribution >= 0.6 is 33.9 Å². The zero-order chi connectivity index (χ0) is 12.4. The average Bonchev–Trinajstić information content (AvgIpc) is 2.71. The number of thiophene rings is 1. The topological polar surface area (TPSA) is 12.0 Å². The van der Waals surface area contributed by atoms with Crippen molar-refractivity contribution in [3.8, 4) is 0 Å². The van der Waals surface area contributed by atoms with E-state index in [4.69, 9.17) is 0 Å². The van der Waals surface area contributed by atoms with Gasteiger partial charge in [0.2, 0.25) is 0 Å². The molecule has 90 valence electrons. The minimum atomic E-state index is 0.300. The number of hydrogen-bond donors (Lipinski definition) is 1. The normalized spacial score (nSPS) is 12.7. The first-order valence-electron chi connectivity index (χ1n) is 5.60. The quantitative estimate of drug-likeness (QED) is 0.809. The van der Waals surface area contributed by atoms with E-state index < -0.39 is 0 Å². The van der Waals surface area contributed by atoms with Crippen molar-refractivity contribution in [3.63, 3.8) is 0 Å². The first kappa shape index (κ1) is 13.1. The predicted octanol–water partition coefficient (Wildman–Crippen LogP) is 4.28. The fourth-order valence-electron chi connectivity index (χ4n) is 1.94. The second kappa shape index (κ2) is 5.50. The highest BCUT2D eigenvalue weighted by molar-refractivity contribution is 14.1. The molecule has 0 aliphatic heterocycles. The SMILES string of the molecule is CNC(c1csc(I)c1)c1ccc(C)c(C)c1. The average molecular weight is 357 g/mol. The van der Waals surface area contributed by atoms with Crippen molar-refractivity contribution in [2.45, 2.75) is 19.9 Å². The summed E-state index contributed by atoms with van der Waals surface area (Å²) in [5.41, 5.74) is 5.39. The molecule has 1 N–H and O–H groups in total. The van der Waals surface area contributed by atoms with E-state index in [9.17, 15) is 0 Å². The van der Waals surface area contributed by atoms with Crippen molar-refractivity contribution in [1.29, 1.82) is 0 Å². The Labute approximate surface area is 120 Å². The molecule has 1 aromatic carbocycles. The molecule has 0 radical (unpaired) electrons. The summed E-state index contributed by atoms with van der Waals surface area (Å²) in [5, 5.41) is 5.63. The van der Waals surface area contributed by atoms with E-state index in [0.717, 1.165) is 0 Å². The van der Waals surface area contributed by atoms with E-state index in [-0.39, 0.29) is 0 Å². The number of aryl methyl sites for hydroxylation is 2. The monoisotopic (exact) mass is 357 g/mol. The highest BCUT2D eigenvalue weighted by atomic mass is 127. The lowest BCUT2D eigenvalue weighted by molar-refractivity contribution is 0.693. The fraction of sp³-hybridized carbons (Fsp3) is 0.286. The summed E-state index contributed by atoms with van der Waals surface area (Å²) in [5.74, 6) is 0. The second-order valence-corrected chi connectivity index (χ2v) is 7.05. The Bertz CT molecular complexity index is 519. The van der Waals surface area contributed by atoms with Gasteiger partial charge in [0.15, 0.2) is 0 Å². The molecule has 2 aromatic rings. The lowest BCUT2D eigenvalue weighted by atomic mass is 9.97. The second-order valence-electron chi connectivity index (χ2n) is 4.25. The largest absolute Gasteiger partial charge is 0.309 e. The number of rotatable bonds is 3. The zero-order valence-electron chi connectivity index (χ0n) is 10.3. The van der Waals surface area contributed by atoms with Crippen LogP contribution < -0.4 is 5.32 Å². The molecule has 0 amide bonds. The minimum absolute atomic E-state index is 0.300. The Morgan fingerprint density at radius 3 is 2.41 bits per heavy atom. The Morgan fingerprint density at radius 2 is 1.88 bits per heavy atom. The van der Waals surface area contributed by atoms with Gasteiger partial charge in [0.25, 0.3) is 0 Å². The van der Waals surface area contributed by atoms with Gasteiger partial charge in [-0.3, -0.25) is 0 Å². The van der Waals surface area contributed by atoms with Crippen LogP contribution in [0, 0.1) is 16.7 Å². The molecule has 0 saturated heterocycles. The van der Waals surface area contributed by atoms with Crippen molar-refractivity contribution in [2.75, 3.05) is 7.05 Å². The van der Waals surface area contributed by atoms with Gasteiger partial charge in [0, 0.05) is 0 Å². The van der Waals surface area contributed by atoms with Crippen molar-refractivity contribution in [2.24, 2.45) is 0 Å². The Kier molecular flexibility index (Phi) is 4.22. The van der Waals surface area contributed by atoms with Gasteiger partial charge in [-0.25, -0.2) is 0 Å². The molecule has 1 heterocycles. The van der Waals surface area contributed by atoms with Crippen LogP contribution in [0.3, 0.4) is 0 Å². The van der Waals surface area contributed by atoms with E-state index in [1.54, 1.807) is 11.3 Å². The van der Waals surface area contributed by atoms with Crippen LogP contribution in [0.25, 0.3) is 0 Å². The molecule has 0 aliphatic carbocycles. The predicted molar refractivity (Wildman–Crippen MR) is 83.9 cm³/mol. The summed E-state index contributed by atoms with van der Waals surface area (Å²) in [6.45, 7) is 4.32. The van der Waals surface area contributed by atoms with Crippen molar-refractivity contribution in [3.05, 3.63) is 54.8 Å². The molecule has 17 heavy (non-hydrogen) atoms. The van der Waals surface area contributed by atoms with Crippen LogP contribution in [0.2, 0.25) is 0 Å². The summed E-state index contributed by atoms with van der Waals surface area (Å²) in [6.07, 6.45) is 0. The lowest BCUT2D eigenvalue weighted by Crippen LogP contribution is -2.17. The summed E-state index contributed by atoms with van der Waals surface area (Å²) >= 11 is 4.17. The van der Waals surface area contributed by atoms with Gasteiger partial charge < -0.3 is 5.32 Å². The molecule has 1 aromatic heterocycles. The van der Waals surface area contributed by atoms with Gasteiger partial charge in [0.1, 0.15) is 0 Å². The molecule has 1 unspecified atom stereocenters. The number of benzene rings is 1. The van der Waals surface area contributed by atoms with E-state index in [0.29, 0.717) is 6.04 Å². The van der Waals surface area contributed by atoms with Crippen molar-refractivity contribution < 1.29 is 0 Å². The van der Waals surface area contributed by atoms with Gasteiger partial charge >= 0.3 is 0 Å². The number of halogens is 1. The number of hydrogen-bond acceptors (Lipinski definition) is 2. The van der Waals surface area contributed by atoms with Crippen LogP contribution in [-0.4, -0.2) is 7.05 Å². The molecule has 0 aliphatic rings. The van der Waals surface area contributed by atoms with Crippen LogP contribution in [-0.2, 0) is 0 Å². The molecular weight excluding hydrogens is 341 g/mol. The van der Waals surface area contributed by atoms with Crippen molar-refractivity contribution in [1.82, 2.24) is 5.32 Å². The maximum Gasteiger partial charge on any atom is 0.0656 e. The summed E-state index contributed by atoms with van der Waals surface area (Å²) in [4.78, 5) is 0. The third kappa shape index (κ3) is 2.89. The molecule has 0 saturated carbocycles. The van der Waals surface area contributed by atoms with Crippen LogP contribution in [0.1, 0.15) is 28.3 Å². The Hall–Kier alpha value is -0.390. The summed E-state index contributed by atoms with van der Waals surface area (Å²) in [7, 11) is 2.02. The van der Waals surface area contributed by atoms with Gasteiger partial charge in [-0.1, -0.05) is 18.2 Å². The van der Waals surface area contributed by atoms with Crippen molar-refractivity contribution >= 4 is 33.9 Å². The maximum absolute atomic E-state index is 3.40. The third-order valence-electron chi connectivity index (χ3n) is 3.07. The molecule has 0 bridgehead atoms. The van der Waals surface area contributed by atoms with Gasteiger partial charge in [-0.15, -0.1) is 11.3 Å². The van der Waals surface area contributed by atoms with Gasteiger partial charge in [0.05, 0.1) is 8.93 Å². The first-order valence-corrected chi connectivity index (χ1v) is 7.56. The van der Waals surface area contributed by atoms with E-state index in [1.807, 2.05) is 7.05 Å². The van der Waals surface area contributed by atoms with Gasteiger partial charge in [-0.05, 0) is 77.2 Å². The Balaban J connectivity index is 2.38. The maximum atomic E-state index is 3.40. The molecule has 3 heteroatoms. The highest BCUT2D eigenvalue weighted by Gasteiger charge is 2.13. The lowest BCUT2D eigenvalue weighted by Gasteiger charge is -2.16. The van der Waals surface area contributed by atoms with E-state index in [2.05, 4.69) is 71.4 Å². The highest BCUT2D eigenvalue weighted by Crippen LogP contribution is 2.28. The molecular formula is C14H16INS. The van der Waals surface area contributed by atoms with Gasteiger partial charge in [-0.2, -0.15) is 0 Å². The van der Waals surface area contributed by atoms with Crippen LogP contribution in [0.15, 0.2) is 29.6 Å². The molecule has 2 rings (SSSR count).